The lowest BCUT2D eigenvalue weighted by Gasteiger charge is -2.28. The SMILES string of the molecule is NNC(c1cccs1)C1CCCCS1(=O)=O. The van der Waals surface area contributed by atoms with Gasteiger partial charge in [-0.3, -0.25) is 11.3 Å². The average Bonchev–Trinajstić information content (AvgIpc) is 2.75. The summed E-state index contributed by atoms with van der Waals surface area (Å²) in [6.07, 6.45) is 2.45. The first kappa shape index (κ1) is 12.0. The van der Waals surface area contributed by atoms with Crippen LogP contribution in [-0.2, 0) is 9.84 Å². The summed E-state index contributed by atoms with van der Waals surface area (Å²) in [7, 11) is -3.00. The summed E-state index contributed by atoms with van der Waals surface area (Å²) < 4.78 is 24.0. The van der Waals surface area contributed by atoms with Gasteiger partial charge >= 0.3 is 0 Å². The summed E-state index contributed by atoms with van der Waals surface area (Å²) >= 11 is 1.54. The number of rotatable bonds is 3. The third-order valence-electron chi connectivity index (χ3n) is 3.03. The highest BCUT2D eigenvalue weighted by Gasteiger charge is 2.36. The molecule has 6 heteroatoms. The van der Waals surface area contributed by atoms with E-state index in [1.165, 1.54) is 0 Å². The first-order valence-electron chi connectivity index (χ1n) is 5.36. The molecule has 1 aromatic rings. The second-order valence-electron chi connectivity index (χ2n) is 4.06. The molecule has 2 heterocycles. The fraction of sp³-hybridized carbons (Fsp3) is 0.600. The topological polar surface area (TPSA) is 72.2 Å². The number of hydrazine groups is 1. The molecule has 1 aliphatic rings. The lowest BCUT2D eigenvalue weighted by molar-refractivity contribution is 0.458. The standard InChI is InChI=1S/C10H16N2O2S2/c11-12-10(8-4-3-6-15-8)9-5-1-2-7-16(9,13)14/h3-4,6,9-10,12H,1-2,5,7,11H2. The van der Waals surface area contributed by atoms with Gasteiger partial charge in [-0.25, -0.2) is 8.42 Å². The van der Waals surface area contributed by atoms with Crippen molar-refractivity contribution in [2.24, 2.45) is 5.84 Å². The molecule has 0 saturated carbocycles. The molecule has 16 heavy (non-hydrogen) atoms. The van der Waals surface area contributed by atoms with Crippen LogP contribution >= 0.6 is 11.3 Å². The van der Waals surface area contributed by atoms with Crippen molar-refractivity contribution in [3.05, 3.63) is 22.4 Å². The van der Waals surface area contributed by atoms with E-state index in [-0.39, 0.29) is 11.3 Å². The molecular weight excluding hydrogens is 244 g/mol. The molecule has 4 nitrogen and oxygen atoms in total. The molecule has 3 N–H and O–H groups in total. The minimum Gasteiger partial charge on any atom is -0.271 e. The fourth-order valence-electron chi connectivity index (χ4n) is 2.19. The van der Waals surface area contributed by atoms with E-state index < -0.39 is 9.84 Å². The summed E-state index contributed by atoms with van der Waals surface area (Å²) in [6, 6.07) is 3.59. The van der Waals surface area contributed by atoms with Crippen LogP contribution in [0.4, 0.5) is 0 Å². The van der Waals surface area contributed by atoms with E-state index in [4.69, 9.17) is 5.84 Å². The zero-order valence-corrected chi connectivity index (χ0v) is 10.6. The summed E-state index contributed by atoms with van der Waals surface area (Å²) in [5.41, 5.74) is 2.66. The maximum atomic E-state index is 12.0. The zero-order valence-electron chi connectivity index (χ0n) is 8.93. The van der Waals surface area contributed by atoms with Crippen LogP contribution in [0.2, 0.25) is 0 Å². The maximum Gasteiger partial charge on any atom is 0.155 e. The van der Waals surface area contributed by atoms with Gasteiger partial charge in [0.05, 0.1) is 17.0 Å². The summed E-state index contributed by atoms with van der Waals surface area (Å²) in [4.78, 5) is 0.998. The van der Waals surface area contributed by atoms with Gasteiger partial charge < -0.3 is 0 Å². The lowest BCUT2D eigenvalue weighted by Crippen LogP contribution is -2.42. The van der Waals surface area contributed by atoms with Gasteiger partial charge in [-0.2, -0.15) is 0 Å². The van der Waals surface area contributed by atoms with Crippen LogP contribution < -0.4 is 11.3 Å². The largest absolute Gasteiger partial charge is 0.271 e. The van der Waals surface area contributed by atoms with Gasteiger partial charge in [0.25, 0.3) is 0 Å². The molecule has 2 atom stereocenters. The lowest BCUT2D eigenvalue weighted by atomic mass is 10.1. The van der Waals surface area contributed by atoms with E-state index in [2.05, 4.69) is 5.43 Å². The Labute approximate surface area is 99.7 Å². The molecule has 1 fully saturated rings. The quantitative estimate of drug-likeness (QED) is 0.633. The van der Waals surface area contributed by atoms with Crippen LogP contribution in [0.3, 0.4) is 0 Å². The van der Waals surface area contributed by atoms with Crippen molar-refractivity contribution in [3.8, 4) is 0 Å². The van der Waals surface area contributed by atoms with Crippen molar-refractivity contribution in [2.45, 2.75) is 30.6 Å². The van der Waals surface area contributed by atoms with E-state index in [1.807, 2.05) is 17.5 Å². The Balaban J connectivity index is 2.27. The normalized spacial score (nSPS) is 26.4. The number of nitrogens with one attached hydrogen (secondary N) is 1. The second-order valence-corrected chi connectivity index (χ2v) is 7.38. The van der Waals surface area contributed by atoms with E-state index in [1.54, 1.807) is 11.3 Å². The molecule has 0 aliphatic carbocycles. The van der Waals surface area contributed by atoms with Gasteiger partial charge in [0.1, 0.15) is 0 Å². The van der Waals surface area contributed by atoms with Crippen molar-refractivity contribution >= 4 is 21.2 Å². The predicted octanol–water partition coefficient (Wildman–Crippen LogP) is 1.22. The maximum absolute atomic E-state index is 12.0. The molecule has 0 bridgehead atoms. The van der Waals surface area contributed by atoms with Crippen molar-refractivity contribution in [1.29, 1.82) is 0 Å². The molecule has 1 saturated heterocycles. The Morgan fingerprint density at radius 2 is 2.31 bits per heavy atom. The first-order chi connectivity index (χ1) is 7.65. The van der Waals surface area contributed by atoms with Crippen LogP contribution in [-0.4, -0.2) is 19.4 Å². The Bertz CT molecular complexity index is 428. The molecule has 1 aliphatic heterocycles. The van der Waals surface area contributed by atoms with Gasteiger partial charge in [-0.15, -0.1) is 11.3 Å². The highest BCUT2D eigenvalue weighted by molar-refractivity contribution is 7.92. The van der Waals surface area contributed by atoms with E-state index in [9.17, 15) is 8.42 Å². The third-order valence-corrected chi connectivity index (χ3v) is 6.27. The molecule has 2 unspecified atom stereocenters. The number of nitrogens with two attached hydrogens (primary N) is 1. The predicted molar refractivity (Wildman–Crippen MR) is 65.8 cm³/mol. The molecule has 0 amide bonds. The van der Waals surface area contributed by atoms with Crippen molar-refractivity contribution in [2.75, 3.05) is 5.75 Å². The number of hydrogen-bond acceptors (Lipinski definition) is 5. The van der Waals surface area contributed by atoms with Crippen molar-refractivity contribution in [3.63, 3.8) is 0 Å². The summed E-state index contributed by atoms with van der Waals surface area (Å²) in [5, 5.41) is 1.57. The first-order valence-corrected chi connectivity index (χ1v) is 7.96. The molecule has 0 radical (unpaired) electrons. The molecule has 0 spiro atoms. The van der Waals surface area contributed by atoms with Crippen LogP contribution in [0.25, 0.3) is 0 Å². The summed E-state index contributed by atoms with van der Waals surface area (Å²) in [5.74, 6) is 5.80. The number of thiophene rings is 1. The van der Waals surface area contributed by atoms with Gasteiger partial charge in [0, 0.05) is 4.88 Å². The number of hydrogen-bond donors (Lipinski definition) is 2. The van der Waals surface area contributed by atoms with Gasteiger partial charge in [-0.05, 0) is 24.3 Å². The molecule has 90 valence electrons. The van der Waals surface area contributed by atoms with Crippen LogP contribution in [0.5, 0.6) is 0 Å². The van der Waals surface area contributed by atoms with E-state index >= 15 is 0 Å². The van der Waals surface area contributed by atoms with Crippen LogP contribution in [0.1, 0.15) is 30.2 Å². The Hall–Kier alpha value is -0.430. The zero-order chi connectivity index (χ0) is 11.6. The van der Waals surface area contributed by atoms with Gasteiger partial charge in [0.2, 0.25) is 0 Å². The third kappa shape index (κ3) is 2.29. The van der Waals surface area contributed by atoms with Crippen molar-refractivity contribution in [1.82, 2.24) is 5.43 Å². The molecular formula is C10H16N2O2S2. The Morgan fingerprint density at radius 1 is 1.50 bits per heavy atom. The Morgan fingerprint density at radius 3 is 2.88 bits per heavy atom. The minimum atomic E-state index is -3.00. The van der Waals surface area contributed by atoms with Crippen LogP contribution in [0.15, 0.2) is 17.5 Å². The Kier molecular flexibility index (Phi) is 3.63. The summed E-state index contributed by atoms with van der Waals surface area (Å²) in [6.45, 7) is 0. The molecule has 2 rings (SSSR count). The molecule has 0 aromatic carbocycles. The molecule has 1 aromatic heterocycles. The fourth-order valence-corrected chi connectivity index (χ4v) is 5.21. The average molecular weight is 260 g/mol. The van der Waals surface area contributed by atoms with Gasteiger partial charge in [0.15, 0.2) is 9.84 Å². The van der Waals surface area contributed by atoms with Crippen LogP contribution in [0, 0.1) is 0 Å². The minimum absolute atomic E-state index is 0.259. The second kappa shape index (κ2) is 4.83. The highest BCUT2D eigenvalue weighted by Crippen LogP contribution is 2.32. The number of sulfone groups is 1. The monoisotopic (exact) mass is 260 g/mol. The van der Waals surface area contributed by atoms with Crippen molar-refractivity contribution < 1.29 is 8.42 Å². The highest BCUT2D eigenvalue weighted by atomic mass is 32.2. The van der Waals surface area contributed by atoms with E-state index in [0.717, 1.165) is 17.7 Å². The van der Waals surface area contributed by atoms with Gasteiger partial charge in [-0.1, -0.05) is 12.5 Å². The van der Waals surface area contributed by atoms with E-state index in [0.29, 0.717) is 12.2 Å². The smallest absolute Gasteiger partial charge is 0.155 e.